The molecule has 0 aromatic heterocycles. The predicted molar refractivity (Wildman–Crippen MR) is 80.7 cm³/mol. The van der Waals surface area contributed by atoms with E-state index < -0.39 is 30.9 Å². The Balaban J connectivity index is 2.14. The van der Waals surface area contributed by atoms with Crippen LogP contribution in [0, 0.1) is 0 Å². The number of sulfonamides is 2. The van der Waals surface area contributed by atoms with E-state index in [9.17, 15) is 27.0 Å². The summed E-state index contributed by atoms with van der Waals surface area (Å²) in [6, 6.07) is 0. The van der Waals surface area contributed by atoms with Crippen molar-refractivity contribution in [2.75, 3.05) is 26.2 Å². The highest BCUT2D eigenvalue weighted by atomic mass is 32.2. The number of aliphatic hydroxyl groups is 2. The van der Waals surface area contributed by atoms with Gasteiger partial charge in [0.15, 0.2) is 0 Å². The van der Waals surface area contributed by atoms with Crippen molar-refractivity contribution < 1.29 is 27.0 Å². The van der Waals surface area contributed by atoms with Crippen molar-refractivity contribution in [1.29, 1.82) is 0 Å². The maximum absolute atomic E-state index is 12.3. The molecule has 0 aromatic carbocycles. The molecule has 0 aliphatic carbocycles. The van der Waals surface area contributed by atoms with Crippen LogP contribution in [0.1, 0.15) is 38.5 Å². The molecular formula is C12H24N2O6S2. The topological polar surface area (TPSA) is 115 Å². The summed E-state index contributed by atoms with van der Waals surface area (Å²) in [4.78, 5) is 0. The summed E-state index contributed by atoms with van der Waals surface area (Å²) in [5.74, 6) is 0. The smallest absolute Gasteiger partial charge is 0.244 e. The lowest BCUT2D eigenvalue weighted by molar-refractivity contribution is 0.108. The molecule has 2 rings (SSSR count). The molecule has 2 unspecified atom stereocenters. The summed E-state index contributed by atoms with van der Waals surface area (Å²) in [6.07, 6.45) is 4.47. The SMILES string of the molecule is O=S(=O)(C(O)C(O)S(=O)(=O)N1CCCCC1)N1CCCCC1. The van der Waals surface area contributed by atoms with Gasteiger partial charge in [-0.3, -0.25) is 0 Å². The average Bonchev–Trinajstić information content (AvgIpc) is 2.55. The maximum Gasteiger partial charge on any atom is 0.244 e. The molecule has 2 saturated heterocycles. The number of nitrogens with zero attached hydrogens (tertiary/aromatic N) is 2. The molecule has 2 atom stereocenters. The fourth-order valence-electron chi connectivity index (χ4n) is 2.84. The monoisotopic (exact) mass is 356 g/mol. The Morgan fingerprint density at radius 1 is 0.591 bits per heavy atom. The molecule has 2 aliphatic heterocycles. The lowest BCUT2D eigenvalue weighted by atomic mass is 10.2. The predicted octanol–water partition coefficient (Wildman–Crippen LogP) is -0.745. The van der Waals surface area contributed by atoms with Gasteiger partial charge < -0.3 is 10.2 Å². The van der Waals surface area contributed by atoms with Gasteiger partial charge in [0.25, 0.3) is 0 Å². The second-order valence-corrected chi connectivity index (χ2v) is 9.85. The molecular weight excluding hydrogens is 332 g/mol. The zero-order valence-corrected chi connectivity index (χ0v) is 14.1. The normalized spacial score (nSPS) is 25.7. The summed E-state index contributed by atoms with van der Waals surface area (Å²) in [5, 5.41) is 20.0. The van der Waals surface area contributed by atoms with Crippen molar-refractivity contribution in [1.82, 2.24) is 8.61 Å². The molecule has 2 N–H and O–H groups in total. The first kappa shape index (κ1) is 18.1. The summed E-state index contributed by atoms with van der Waals surface area (Å²) in [5.41, 5.74) is -4.70. The number of aliphatic hydroxyl groups excluding tert-OH is 2. The van der Waals surface area contributed by atoms with Crippen LogP contribution >= 0.6 is 0 Å². The molecule has 8 nitrogen and oxygen atoms in total. The summed E-state index contributed by atoms with van der Waals surface area (Å²) < 4.78 is 51.3. The first-order valence-electron chi connectivity index (χ1n) is 7.62. The molecule has 2 heterocycles. The lowest BCUT2D eigenvalue weighted by Gasteiger charge is -2.32. The van der Waals surface area contributed by atoms with Crippen LogP contribution < -0.4 is 0 Å². The fourth-order valence-corrected chi connectivity index (χ4v) is 6.41. The van der Waals surface area contributed by atoms with Crippen molar-refractivity contribution in [2.45, 2.75) is 49.4 Å². The number of hydrogen-bond acceptors (Lipinski definition) is 6. The molecule has 0 spiro atoms. The highest BCUT2D eigenvalue weighted by Gasteiger charge is 2.44. The van der Waals surface area contributed by atoms with Gasteiger partial charge in [0.2, 0.25) is 30.9 Å². The van der Waals surface area contributed by atoms with Crippen LogP contribution in [0.15, 0.2) is 0 Å². The highest BCUT2D eigenvalue weighted by molar-refractivity contribution is 7.93. The van der Waals surface area contributed by atoms with Crippen LogP contribution in [0.25, 0.3) is 0 Å². The molecule has 0 radical (unpaired) electrons. The Bertz CT molecular complexity index is 512. The molecule has 0 aromatic rings. The van der Waals surface area contributed by atoms with Gasteiger partial charge in [-0.25, -0.2) is 16.8 Å². The quantitative estimate of drug-likeness (QED) is 0.670. The molecule has 10 heteroatoms. The van der Waals surface area contributed by atoms with Gasteiger partial charge in [0.05, 0.1) is 0 Å². The fraction of sp³-hybridized carbons (Fsp3) is 1.00. The maximum atomic E-state index is 12.3. The zero-order valence-electron chi connectivity index (χ0n) is 12.5. The Hall–Kier alpha value is -0.260. The van der Waals surface area contributed by atoms with Gasteiger partial charge in [-0.2, -0.15) is 8.61 Å². The third kappa shape index (κ3) is 3.62. The van der Waals surface area contributed by atoms with Gasteiger partial charge in [-0.15, -0.1) is 0 Å². The van der Waals surface area contributed by atoms with Crippen LogP contribution in [-0.2, 0) is 20.0 Å². The minimum absolute atomic E-state index is 0.246. The Morgan fingerprint density at radius 3 is 1.14 bits per heavy atom. The van der Waals surface area contributed by atoms with E-state index in [1.807, 2.05) is 0 Å². The standard InChI is InChI=1S/C12H24N2O6S2/c15-11(21(17,18)13-7-3-1-4-8-13)12(16)22(19,20)14-9-5-2-6-10-14/h11-12,15-16H,1-10H2. The van der Waals surface area contributed by atoms with Crippen LogP contribution in [0.2, 0.25) is 0 Å². The Kier molecular flexibility index (Phi) is 5.84. The Morgan fingerprint density at radius 2 is 0.864 bits per heavy atom. The number of rotatable bonds is 5. The molecule has 0 saturated carbocycles. The third-order valence-electron chi connectivity index (χ3n) is 4.20. The summed E-state index contributed by atoms with van der Waals surface area (Å²) >= 11 is 0. The van der Waals surface area contributed by atoms with Crippen molar-refractivity contribution in [3.05, 3.63) is 0 Å². The van der Waals surface area contributed by atoms with E-state index in [1.165, 1.54) is 0 Å². The van der Waals surface area contributed by atoms with Crippen molar-refractivity contribution in [3.63, 3.8) is 0 Å². The van der Waals surface area contributed by atoms with Crippen molar-refractivity contribution in [3.8, 4) is 0 Å². The van der Waals surface area contributed by atoms with Crippen LogP contribution in [0.5, 0.6) is 0 Å². The molecule has 0 bridgehead atoms. The van der Waals surface area contributed by atoms with E-state index in [-0.39, 0.29) is 26.2 Å². The average molecular weight is 356 g/mol. The number of piperidine rings is 2. The first-order chi connectivity index (χ1) is 10.3. The van der Waals surface area contributed by atoms with Gasteiger partial charge in [0.1, 0.15) is 0 Å². The highest BCUT2D eigenvalue weighted by Crippen LogP contribution is 2.23. The van der Waals surface area contributed by atoms with Crippen LogP contribution in [0.3, 0.4) is 0 Å². The van der Waals surface area contributed by atoms with Gasteiger partial charge in [0, 0.05) is 26.2 Å². The van der Waals surface area contributed by atoms with E-state index in [0.717, 1.165) is 21.5 Å². The summed E-state index contributed by atoms with van der Waals surface area (Å²) in [6.45, 7) is 0.984. The minimum atomic E-state index is -4.25. The van der Waals surface area contributed by atoms with E-state index >= 15 is 0 Å². The molecule has 2 fully saturated rings. The van der Waals surface area contributed by atoms with E-state index in [4.69, 9.17) is 0 Å². The molecule has 22 heavy (non-hydrogen) atoms. The Labute approximate surface area is 131 Å². The molecule has 0 amide bonds. The lowest BCUT2D eigenvalue weighted by Crippen LogP contribution is -2.52. The van der Waals surface area contributed by atoms with E-state index in [1.54, 1.807) is 0 Å². The first-order valence-corrected chi connectivity index (χ1v) is 10.6. The van der Waals surface area contributed by atoms with Gasteiger partial charge in [-0.05, 0) is 25.7 Å². The second-order valence-electron chi connectivity index (χ2n) is 5.79. The molecule has 130 valence electrons. The molecule has 2 aliphatic rings. The van der Waals surface area contributed by atoms with Crippen molar-refractivity contribution >= 4 is 20.0 Å². The zero-order chi connectivity index (χ0) is 16.4. The van der Waals surface area contributed by atoms with Crippen LogP contribution in [-0.4, -0.2) is 72.7 Å². The van der Waals surface area contributed by atoms with Gasteiger partial charge >= 0.3 is 0 Å². The van der Waals surface area contributed by atoms with Crippen LogP contribution in [0.4, 0.5) is 0 Å². The third-order valence-corrected chi connectivity index (χ3v) is 8.28. The van der Waals surface area contributed by atoms with Gasteiger partial charge in [-0.1, -0.05) is 12.8 Å². The van der Waals surface area contributed by atoms with Crippen molar-refractivity contribution in [2.24, 2.45) is 0 Å². The van der Waals surface area contributed by atoms with E-state index in [0.29, 0.717) is 25.7 Å². The number of hydrogen-bond donors (Lipinski definition) is 2. The second kappa shape index (κ2) is 7.10. The minimum Gasteiger partial charge on any atom is -0.373 e. The largest absolute Gasteiger partial charge is 0.373 e. The van der Waals surface area contributed by atoms with E-state index in [2.05, 4.69) is 0 Å². The summed E-state index contributed by atoms with van der Waals surface area (Å²) in [7, 11) is -8.50.